The molecule has 7 nitrogen and oxygen atoms in total. The largest absolute Gasteiger partial charge is 0.336 e. The molecule has 2 amide bonds. The molecule has 1 heterocycles. The number of halogens is 2. The van der Waals surface area contributed by atoms with E-state index in [0.717, 1.165) is 9.13 Å². The van der Waals surface area contributed by atoms with Crippen molar-refractivity contribution >= 4 is 55.8 Å². The monoisotopic (exact) mass is 623 g/mol. The number of rotatable bonds is 6. The predicted octanol–water partition coefficient (Wildman–Crippen LogP) is 3.59. The van der Waals surface area contributed by atoms with Crippen LogP contribution in [-0.2, 0) is 24.8 Å². The Morgan fingerprint density at radius 3 is 2.31 bits per heavy atom. The van der Waals surface area contributed by atoms with Crippen molar-refractivity contribution in [1.82, 2.24) is 10.2 Å². The van der Waals surface area contributed by atoms with Crippen LogP contribution < -0.4 is 5.32 Å². The number of likely N-dealkylation sites (tertiary alicyclic amines) is 1. The van der Waals surface area contributed by atoms with Crippen LogP contribution in [-0.4, -0.2) is 48.5 Å². The molecule has 10 heteroatoms. The van der Waals surface area contributed by atoms with E-state index in [9.17, 15) is 23.3 Å². The lowest BCUT2D eigenvalue weighted by Gasteiger charge is -2.29. The molecule has 35 heavy (non-hydrogen) atoms. The summed E-state index contributed by atoms with van der Waals surface area (Å²) in [4.78, 5) is 28.6. The summed E-state index contributed by atoms with van der Waals surface area (Å²) >= 11 is 8.40. The van der Waals surface area contributed by atoms with Crippen molar-refractivity contribution in [2.75, 3.05) is 6.54 Å². The zero-order valence-corrected chi connectivity index (χ0v) is 22.4. The second-order valence-electron chi connectivity index (χ2n) is 9.58. The fraction of sp³-hybridized carbons (Fsp3) is 0.400. The highest BCUT2D eigenvalue weighted by molar-refractivity contribution is 14.1. The maximum atomic E-state index is 13.9. The third kappa shape index (κ3) is 4.34. The van der Waals surface area contributed by atoms with Gasteiger partial charge in [-0.1, -0.05) is 35.9 Å². The van der Waals surface area contributed by atoms with Crippen molar-refractivity contribution in [3.63, 3.8) is 0 Å². The van der Waals surface area contributed by atoms with Crippen LogP contribution in [0.2, 0.25) is 5.02 Å². The lowest BCUT2D eigenvalue weighted by atomic mass is 9.94. The average molecular weight is 624 g/mol. The van der Waals surface area contributed by atoms with E-state index in [2.05, 4.69) is 34.0 Å². The highest BCUT2D eigenvalue weighted by Gasteiger charge is 2.58. The fourth-order valence-corrected chi connectivity index (χ4v) is 7.43. The number of carbonyl (C=O) groups is 2. The number of benzene rings is 2. The van der Waals surface area contributed by atoms with E-state index < -0.39 is 38.0 Å². The minimum absolute atomic E-state index is 0.00502. The van der Waals surface area contributed by atoms with Gasteiger partial charge < -0.3 is 10.2 Å². The van der Waals surface area contributed by atoms with Crippen molar-refractivity contribution in [2.24, 2.45) is 0 Å². The molecule has 0 spiro atoms. The van der Waals surface area contributed by atoms with Crippen molar-refractivity contribution in [2.45, 2.75) is 59.2 Å². The normalized spacial score (nSPS) is 23.9. The molecule has 182 valence electrons. The van der Waals surface area contributed by atoms with Crippen molar-refractivity contribution in [3.05, 3.63) is 62.7 Å². The Bertz CT molecular complexity index is 1350. The minimum atomic E-state index is -3.90. The highest BCUT2D eigenvalue weighted by Crippen LogP contribution is 2.51. The number of hydrogen-bond donors (Lipinski definition) is 1. The molecule has 2 aromatic carbocycles. The van der Waals surface area contributed by atoms with Crippen LogP contribution in [0.15, 0.2) is 53.4 Å². The number of nitriles is 1. The van der Waals surface area contributed by atoms with Gasteiger partial charge in [0.05, 0.1) is 26.7 Å². The van der Waals surface area contributed by atoms with Crippen molar-refractivity contribution < 1.29 is 18.0 Å². The second kappa shape index (κ2) is 8.75. The van der Waals surface area contributed by atoms with E-state index in [0.29, 0.717) is 25.7 Å². The van der Waals surface area contributed by atoms with Crippen molar-refractivity contribution in [1.29, 1.82) is 5.26 Å². The number of hydrogen-bond acceptors (Lipinski definition) is 5. The topological polar surface area (TPSA) is 107 Å². The number of amides is 2. The summed E-state index contributed by atoms with van der Waals surface area (Å²) in [6, 6.07) is 15.1. The Kier molecular flexibility index (Phi) is 6.13. The maximum absolute atomic E-state index is 13.9. The van der Waals surface area contributed by atoms with Crippen LogP contribution in [0.1, 0.15) is 37.7 Å². The van der Waals surface area contributed by atoms with E-state index in [1.165, 1.54) is 17.0 Å². The Labute approximate surface area is 222 Å². The number of nitrogens with one attached hydrogen (secondary N) is 1. The first-order chi connectivity index (χ1) is 16.6. The molecule has 0 unspecified atom stereocenters. The van der Waals surface area contributed by atoms with Crippen LogP contribution in [0.4, 0.5) is 0 Å². The quantitative estimate of drug-likeness (QED) is 0.495. The molecule has 3 aliphatic rings. The molecule has 2 aromatic rings. The van der Waals surface area contributed by atoms with E-state index in [4.69, 9.17) is 11.6 Å². The first kappa shape index (κ1) is 24.5. The van der Waals surface area contributed by atoms with Gasteiger partial charge in [-0.05, 0) is 84.5 Å². The lowest BCUT2D eigenvalue weighted by molar-refractivity contribution is -0.140. The number of sulfone groups is 1. The van der Waals surface area contributed by atoms with Gasteiger partial charge in [-0.3, -0.25) is 9.59 Å². The summed E-state index contributed by atoms with van der Waals surface area (Å²) in [7, 11) is -3.90. The summed E-state index contributed by atoms with van der Waals surface area (Å²) in [5.74, 6) is -0.717. The molecule has 3 fully saturated rings. The fourth-order valence-electron chi connectivity index (χ4n) is 4.85. The van der Waals surface area contributed by atoms with E-state index in [1.807, 2.05) is 24.3 Å². The van der Waals surface area contributed by atoms with Gasteiger partial charge >= 0.3 is 0 Å². The first-order valence-corrected chi connectivity index (χ1v) is 14.4. The zero-order chi connectivity index (χ0) is 25.0. The van der Waals surface area contributed by atoms with Gasteiger partial charge in [0.2, 0.25) is 11.8 Å². The number of nitrogens with zero attached hydrogens (tertiary/aromatic N) is 2. The van der Waals surface area contributed by atoms with E-state index in [1.54, 1.807) is 12.1 Å². The summed E-state index contributed by atoms with van der Waals surface area (Å²) in [6.07, 6.45) is 2.33. The summed E-state index contributed by atoms with van der Waals surface area (Å²) in [5, 5.41) is 11.3. The van der Waals surface area contributed by atoms with Gasteiger partial charge in [0.1, 0.15) is 11.6 Å². The predicted molar refractivity (Wildman–Crippen MR) is 138 cm³/mol. The Morgan fingerprint density at radius 2 is 1.74 bits per heavy atom. The van der Waals surface area contributed by atoms with Gasteiger partial charge in [0, 0.05) is 10.1 Å². The lowest BCUT2D eigenvalue weighted by Crippen LogP contribution is -2.51. The van der Waals surface area contributed by atoms with Gasteiger partial charge in [-0.2, -0.15) is 5.26 Å². The molecule has 1 aliphatic heterocycles. The van der Waals surface area contributed by atoms with Crippen LogP contribution in [0.5, 0.6) is 0 Å². The summed E-state index contributed by atoms with van der Waals surface area (Å²) in [6.45, 7) is -0.101. The average Bonchev–Trinajstić information content (AvgIpc) is 3.76. The standard InChI is InChI=1S/C25H23ClIN3O4S/c26-19-3-1-2-4-21(19)35(33,34)18-13-20(22(31)29-24(15-28)9-10-24)30(14-18)23(32)25(11-12-25)16-5-7-17(27)8-6-16/h1-8,18,20H,9-14H2,(H,29,31)/t18-,20+/m1/s1. The Hall–Kier alpha value is -2.16. The second-order valence-corrected chi connectivity index (χ2v) is 13.4. The smallest absolute Gasteiger partial charge is 0.244 e. The van der Waals surface area contributed by atoms with Gasteiger partial charge in [0.25, 0.3) is 0 Å². The summed E-state index contributed by atoms with van der Waals surface area (Å²) in [5.41, 5.74) is -0.799. The molecule has 2 saturated carbocycles. The van der Waals surface area contributed by atoms with E-state index >= 15 is 0 Å². The zero-order valence-electron chi connectivity index (χ0n) is 18.7. The van der Waals surface area contributed by atoms with Crippen LogP contribution in [0, 0.1) is 14.9 Å². The summed E-state index contributed by atoms with van der Waals surface area (Å²) < 4.78 is 28.1. The Balaban J connectivity index is 1.48. The van der Waals surface area contributed by atoms with Gasteiger partial charge in [-0.25, -0.2) is 8.42 Å². The number of carbonyl (C=O) groups excluding carboxylic acids is 2. The highest BCUT2D eigenvalue weighted by atomic mass is 127. The van der Waals surface area contributed by atoms with E-state index in [-0.39, 0.29) is 28.8 Å². The van der Waals surface area contributed by atoms with Gasteiger partial charge in [-0.15, -0.1) is 0 Å². The minimum Gasteiger partial charge on any atom is -0.336 e. The van der Waals surface area contributed by atoms with Crippen LogP contribution in [0.25, 0.3) is 0 Å². The molecule has 2 aliphatic carbocycles. The van der Waals surface area contributed by atoms with Crippen molar-refractivity contribution in [3.8, 4) is 6.07 Å². The Morgan fingerprint density at radius 1 is 1.09 bits per heavy atom. The van der Waals surface area contributed by atoms with Gasteiger partial charge in [0.15, 0.2) is 9.84 Å². The van der Waals surface area contributed by atoms with Crippen LogP contribution in [0.3, 0.4) is 0 Å². The molecule has 5 rings (SSSR count). The first-order valence-electron chi connectivity index (χ1n) is 11.4. The molecule has 0 radical (unpaired) electrons. The molecular weight excluding hydrogens is 601 g/mol. The molecular formula is C25H23ClIN3O4S. The third-order valence-corrected chi connectivity index (χ3v) is 10.6. The molecule has 0 aromatic heterocycles. The SMILES string of the molecule is N#CC1(NC(=O)[C@@H]2C[C@@H](S(=O)(=O)c3ccccc3Cl)CN2C(=O)C2(c3ccc(I)cc3)CC2)CC1. The maximum Gasteiger partial charge on any atom is 0.244 e. The molecule has 1 N–H and O–H groups in total. The molecule has 0 bridgehead atoms. The molecule has 2 atom stereocenters. The van der Waals surface area contributed by atoms with Crippen LogP contribution >= 0.6 is 34.2 Å². The molecule has 1 saturated heterocycles. The third-order valence-electron chi connectivity index (χ3n) is 7.29.